The van der Waals surface area contributed by atoms with E-state index in [9.17, 15) is 4.79 Å². The lowest BCUT2D eigenvalue weighted by Gasteiger charge is -2.07. The number of fused-ring (bicyclic) bond motifs is 1. The Morgan fingerprint density at radius 2 is 2.14 bits per heavy atom. The van der Waals surface area contributed by atoms with Crippen LogP contribution in [0, 0.1) is 0 Å². The number of aromatic nitrogens is 3. The van der Waals surface area contributed by atoms with Gasteiger partial charge >= 0.3 is 0 Å². The van der Waals surface area contributed by atoms with Crippen LogP contribution in [0.2, 0.25) is 5.02 Å². The van der Waals surface area contributed by atoms with Crippen LogP contribution in [0.25, 0.3) is 16.7 Å². The van der Waals surface area contributed by atoms with Gasteiger partial charge in [0.2, 0.25) is 0 Å². The molecule has 0 atom stereocenters. The van der Waals surface area contributed by atoms with Crippen molar-refractivity contribution in [3.05, 3.63) is 63.9 Å². The van der Waals surface area contributed by atoms with Gasteiger partial charge in [0.15, 0.2) is 0 Å². The molecule has 29 heavy (non-hydrogen) atoms. The molecule has 9 heteroatoms. The highest BCUT2D eigenvalue weighted by Gasteiger charge is 2.13. The van der Waals surface area contributed by atoms with Crippen molar-refractivity contribution < 1.29 is 9.53 Å². The van der Waals surface area contributed by atoms with Gasteiger partial charge in [0, 0.05) is 19.0 Å². The summed E-state index contributed by atoms with van der Waals surface area (Å²) in [5.74, 6) is 0.549. The SMILES string of the molecule is COCCNC(=O)c1cc(-n2ncc3nc(Nc4ccccc4Cl)ccc32)cs1. The van der Waals surface area contributed by atoms with Gasteiger partial charge in [-0.1, -0.05) is 23.7 Å². The minimum absolute atomic E-state index is 0.126. The third-order valence-electron chi connectivity index (χ3n) is 4.21. The topological polar surface area (TPSA) is 81.1 Å². The molecule has 4 aromatic rings. The Balaban J connectivity index is 1.55. The normalized spacial score (nSPS) is 11.0. The number of halogens is 1. The minimum Gasteiger partial charge on any atom is -0.383 e. The molecule has 0 bridgehead atoms. The van der Waals surface area contributed by atoms with Crippen molar-refractivity contribution in [1.82, 2.24) is 20.1 Å². The number of para-hydroxylation sites is 1. The molecule has 4 rings (SSSR count). The van der Waals surface area contributed by atoms with Crippen LogP contribution in [0.4, 0.5) is 11.5 Å². The molecule has 2 N–H and O–H groups in total. The summed E-state index contributed by atoms with van der Waals surface area (Å²) < 4.78 is 6.72. The Morgan fingerprint density at radius 1 is 1.28 bits per heavy atom. The molecule has 3 heterocycles. The molecule has 0 aliphatic carbocycles. The van der Waals surface area contributed by atoms with Crippen LogP contribution in [0.15, 0.2) is 54.0 Å². The van der Waals surface area contributed by atoms with Crippen LogP contribution in [0.3, 0.4) is 0 Å². The average Bonchev–Trinajstić information content (AvgIpc) is 3.36. The van der Waals surface area contributed by atoms with Crippen LogP contribution >= 0.6 is 22.9 Å². The minimum atomic E-state index is -0.126. The van der Waals surface area contributed by atoms with E-state index in [0.717, 1.165) is 22.4 Å². The lowest BCUT2D eigenvalue weighted by Crippen LogP contribution is -2.26. The average molecular weight is 428 g/mol. The molecule has 0 saturated heterocycles. The third kappa shape index (κ3) is 4.24. The largest absolute Gasteiger partial charge is 0.383 e. The number of pyridine rings is 1. The second-order valence-corrected chi connectivity index (χ2v) is 7.50. The Hall–Kier alpha value is -2.94. The molecule has 0 aliphatic heterocycles. The zero-order chi connectivity index (χ0) is 20.2. The highest BCUT2D eigenvalue weighted by atomic mass is 35.5. The summed E-state index contributed by atoms with van der Waals surface area (Å²) >= 11 is 7.57. The lowest BCUT2D eigenvalue weighted by molar-refractivity contribution is 0.0941. The highest BCUT2D eigenvalue weighted by molar-refractivity contribution is 7.12. The summed E-state index contributed by atoms with van der Waals surface area (Å²) in [6, 6.07) is 13.1. The Morgan fingerprint density at radius 3 is 2.97 bits per heavy atom. The maximum absolute atomic E-state index is 12.2. The number of amides is 1. The quantitative estimate of drug-likeness (QED) is 0.431. The number of hydrogen-bond donors (Lipinski definition) is 2. The number of methoxy groups -OCH3 is 1. The van der Waals surface area contributed by atoms with Gasteiger partial charge in [-0.05, 0) is 30.3 Å². The zero-order valence-corrected chi connectivity index (χ0v) is 17.1. The number of nitrogens with one attached hydrogen (secondary N) is 2. The number of rotatable bonds is 7. The van der Waals surface area contributed by atoms with Gasteiger partial charge in [-0.3, -0.25) is 4.79 Å². The summed E-state index contributed by atoms with van der Waals surface area (Å²) in [5.41, 5.74) is 3.18. The zero-order valence-electron chi connectivity index (χ0n) is 15.6. The first-order valence-electron chi connectivity index (χ1n) is 8.88. The van der Waals surface area contributed by atoms with E-state index >= 15 is 0 Å². The Bertz CT molecular complexity index is 1160. The molecule has 7 nitrogen and oxygen atoms in total. The predicted octanol–water partition coefficient (Wildman–Crippen LogP) is 4.26. The van der Waals surface area contributed by atoms with E-state index in [1.807, 2.05) is 47.8 Å². The summed E-state index contributed by atoms with van der Waals surface area (Å²) in [6.07, 6.45) is 1.70. The predicted molar refractivity (Wildman–Crippen MR) is 116 cm³/mol. The molecule has 0 unspecified atom stereocenters. The first-order chi connectivity index (χ1) is 14.2. The van der Waals surface area contributed by atoms with Gasteiger partial charge in [-0.15, -0.1) is 11.3 Å². The molecule has 3 aromatic heterocycles. The fraction of sp³-hybridized carbons (Fsp3) is 0.150. The summed E-state index contributed by atoms with van der Waals surface area (Å²) in [5, 5.41) is 13.0. The smallest absolute Gasteiger partial charge is 0.261 e. The molecule has 148 valence electrons. The number of ether oxygens (including phenoxy) is 1. The molecule has 0 spiro atoms. The molecule has 0 radical (unpaired) electrons. The number of thiophene rings is 1. The fourth-order valence-corrected chi connectivity index (χ4v) is 3.77. The van der Waals surface area contributed by atoms with Gasteiger partial charge < -0.3 is 15.4 Å². The van der Waals surface area contributed by atoms with Crippen molar-refractivity contribution >= 4 is 51.4 Å². The molecular formula is C20H18ClN5O2S. The third-order valence-corrected chi connectivity index (χ3v) is 5.45. The van der Waals surface area contributed by atoms with Crippen molar-refractivity contribution in [2.24, 2.45) is 0 Å². The second kappa shape index (κ2) is 8.60. The van der Waals surface area contributed by atoms with Gasteiger partial charge in [-0.25, -0.2) is 9.67 Å². The van der Waals surface area contributed by atoms with Crippen LogP contribution in [-0.2, 0) is 4.74 Å². The standard InChI is InChI=1S/C20H18ClN5O2S/c1-28-9-8-22-20(27)18-10-13(12-29-18)26-17-6-7-19(25-16(17)11-23-26)24-15-5-3-2-4-14(15)21/h2-7,10-12H,8-9H2,1H3,(H,22,27)(H,24,25). The summed E-state index contributed by atoms with van der Waals surface area (Å²) in [4.78, 5) is 17.4. The Labute approximate surface area is 176 Å². The molecule has 1 aromatic carbocycles. The van der Waals surface area contributed by atoms with Gasteiger partial charge in [0.1, 0.15) is 11.3 Å². The van der Waals surface area contributed by atoms with E-state index < -0.39 is 0 Å². The van der Waals surface area contributed by atoms with E-state index in [1.54, 1.807) is 18.0 Å². The molecular weight excluding hydrogens is 410 g/mol. The van der Waals surface area contributed by atoms with E-state index in [-0.39, 0.29) is 5.91 Å². The monoisotopic (exact) mass is 427 g/mol. The number of carbonyl (C=O) groups is 1. The van der Waals surface area contributed by atoms with Gasteiger partial charge in [-0.2, -0.15) is 5.10 Å². The molecule has 0 fully saturated rings. The van der Waals surface area contributed by atoms with E-state index in [4.69, 9.17) is 16.3 Å². The highest BCUT2D eigenvalue weighted by Crippen LogP contribution is 2.26. The van der Waals surface area contributed by atoms with E-state index in [1.165, 1.54) is 11.3 Å². The lowest BCUT2D eigenvalue weighted by atomic mass is 10.3. The summed E-state index contributed by atoms with van der Waals surface area (Å²) in [6.45, 7) is 0.947. The number of anilines is 2. The van der Waals surface area contributed by atoms with Crippen LogP contribution in [0.5, 0.6) is 0 Å². The number of nitrogens with zero attached hydrogens (tertiary/aromatic N) is 3. The van der Waals surface area contributed by atoms with E-state index in [0.29, 0.717) is 28.9 Å². The number of carbonyl (C=O) groups excluding carboxylic acids is 1. The van der Waals surface area contributed by atoms with Crippen molar-refractivity contribution in [3.63, 3.8) is 0 Å². The van der Waals surface area contributed by atoms with Gasteiger partial charge in [0.25, 0.3) is 5.91 Å². The van der Waals surface area contributed by atoms with Gasteiger partial charge in [0.05, 0.1) is 39.6 Å². The van der Waals surface area contributed by atoms with Crippen LogP contribution in [-0.4, -0.2) is 40.9 Å². The number of benzene rings is 1. The molecule has 1 amide bonds. The first kappa shape index (κ1) is 19.4. The van der Waals surface area contributed by atoms with Crippen molar-refractivity contribution in [1.29, 1.82) is 0 Å². The van der Waals surface area contributed by atoms with Crippen molar-refractivity contribution in [2.75, 3.05) is 25.6 Å². The summed E-state index contributed by atoms with van der Waals surface area (Å²) in [7, 11) is 1.60. The molecule has 0 saturated carbocycles. The Kier molecular flexibility index (Phi) is 5.75. The van der Waals surface area contributed by atoms with Crippen molar-refractivity contribution in [3.8, 4) is 5.69 Å². The second-order valence-electron chi connectivity index (χ2n) is 6.18. The first-order valence-corrected chi connectivity index (χ1v) is 10.1. The maximum atomic E-state index is 12.2. The molecule has 0 aliphatic rings. The fourth-order valence-electron chi connectivity index (χ4n) is 2.80. The number of hydrogen-bond acceptors (Lipinski definition) is 6. The maximum Gasteiger partial charge on any atom is 0.261 e. The van der Waals surface area contributed by atoms with Crippen molar-refractivity contribution in [2.45, 2.75) is 0 Å². The van der Waals surface area contributed by atoms with E-state index in [2.05, 4.69) is 20.7 Å². The van der Waals surface area contributed by atoms with Crippen LogP contribution < -0.4 is 10.6 Å². The van der Waals surface area contributed by atoms with Crippen LogP contribution in [0.1, 0.15) is 9.67 Å².